The second kappa shape index (κ2) is 8.61. The van der Waals surface area contributed by atoms with Crippen LogP contribution in [0, 0.1) is 11.6 Å². The summed E-state index contributed by atoms with van der Waals surface area (Å²) in [5.74, 6) is -0.488. The molecule has 4 nitrogen and oxygen atoms in total. The number of aromatic nitrogens is 3. The summed E-state index contributed by atoms with van der Waals surface area (Å²) in [4.78, 5) is 17.1. The van der Waals surface area contributed by atoms with Crippen molar-refractivity contribution in [1.29, 1.82) is 0 Å². The lowest BCUT2D eigenvalue weighted by Gasteiger charge is -2.10. The number of hydrogen-bond donors (Lipinski definition) is 0. The van der Waals surface area contributed by atoms with Crippen LogP contribution in [0.3, 0.4) is 0 Å². The molecule has 28 heavy (non-hydrogen) atoms. The highest BCUT2D eigenvalue weighted by molar-refractivity contribution is 6.30. The Balaban J connectivity index is 1.78. The van der Waals surface area contributed by atoms with Crippen molar-refractivity contribution in [2.75, 3.05) is 0 Å². The van der Waals surface area contributed by atoms with Gasteiger partial charge in [-0.25, -0.2) is 18.4 Å². The van der Waals surface area contributed by atoms with Gasteiger partial charge in [-0.1, -0.05) is 23.7 Å². The number of hydrogen-bond acceptors (Lipinski definition) is 3. The van der Waals surface area contributed by atoms with E-state index < -0.39 is 11.7 Å². The van der Waals surface area contributed by atoms with Crippen LogP contribution in [-0.4, -0.2) is 20.5 Å². The van der Waals surface area contributed by atoms with E-state index >= 15 is 0 Å². The van der Waals surface area contributed by atoms with Crippen LogP contribution in [0.2, 0.25) is 5.02 Å². The highest BCUT2D eigenvalue weighted by Gasteiger charge is 2.23. The predicted octanol–water partition coefficient (Wildman–Crippen LogP) is 5.20. The lowest BCUT2D eigenvalue weighted by Crippen LogP contribution is -2.16. The fourth-order valence-corrected chi connectivity index (χ4v) is 3.10. The van der Waals surface area contributed by atoms with Crippen LogP contribution >= 0.6 is 11.6 Å². The second-order valence-electron chi connectivity index (χ2n) is 6.56. The van der Waals surface area contributed by atoms with E-state index in [4.69, 9.17) is 11.6 Å². The molecule has 146 valence electrons. The van der Waals surface area contributed by atoms with Gasteiger partial charge in [0.2, 0.25) is 0 Å². The van der Waals surface area contributed by atoms with Gasteiger partial charge in [0, 0.05) is 18.5 Å². The van der Waals surface area contributed by atoms with E-state index in [9.17, 15) is 13.6 Å². The Kier molecular flexibility index (Phi) is 6.19. The van der Waals surface area contributed by atoms with E-state index in [0.29, 0.717) is 30.2 Å². The molecule has 0 saturated heterocycles. The average Bonchev–Trinajstić information content (AvgIpc) is 3.12. The van der Waals surface area contributed by atoms with E-state index in [0.717, 1.165) is 5.56 Å². The van der Waals surface area contributed by atoms with Gasteiger partial charge in [0.25, 0.3) is 0 Å². The van der Waals surface area contributed by atoms with Crippen molar-refractivity contribution in [2.45, 2.75) is 39.2 Å². The Bertz CT molecular complexity index is 1000. The normalized spacial score (nSPS) is 12.2. The standard InChI is InChI=1S/C21H20ClF2N3O/c1-3-27-21(25-20(26-27)15-8-9-17(22)18(24)12-15)13(2)19(28)10-7-14-5-4-6-16(23)11-14/h4-6,8-9,11-13H,3,7,10H2,1-2H3. The van der Waals surface area contributed by atoms with E-state index in [1.807, 2.05) is 6.92 Å². The Labute approximate surface area is 167 Å². The highest BCUT2D eigenvalue weighted by Crippen LogP contribution is 2.25. The van der Waals surface area contributed by atoms with Gasteiger partial charge in [-0.15, -0.1) is 0 Å². The van der Waals surface area contributed by atoms with Crippen molar-refractivity contribution in [2.24, 2.45) is 0 Å². The van der Waals surface area contributed by atoms with Crippen molar-refractivity contribution in [3.8, 4) is 11.4 Å². The lowest BCUT2D eigenvalue weighted by molar-refractivity contribution is -0.120. The first-order valence-electron chi connectivity index (χ1n) is 9.06. The predicted molar refractivity (Wildman–Crippen MR) is 104 cm³/mol. The average molecular weight is 404 g/mol. The zero-order valence-corrected chi connectivity index (χ0v) is 16.4. The topological polar surface area (TPSA) is 47.8 Å². The van der Waals surface area contributed by atoms with Crippen molar-refractivity contribution in [3.63, 3.8) is 0 Å². The Hall–Kier alpha value is -2.60. The third kappa shape index (κ3) is 4.44. The fraction of sp³-hybridized carbons (Fsp3) is 0.286. The summed E-state index contributed by atoms with van der Waals surface area (Å²) in [7, 11) is 0. The van der Waals surface area contributed by atoms with Crippen molar-refractivity contribution in [3.05, 3.63) is 70.5 Å². The zero-order valence-electron chi connectivity index (χ0n) is 15.6. The number of carbonyl (C=O) groups excluding carboxylic acids is 1. The first-order valence-corrected chi connectivity index (χ1v) is 9.44. The lowest BCUT2D eigenvalue weighted by atomic mass is 9.98. The van der Waals surface area contributed by atoms with Crippen LogP contribution in [0.25, 0.3) is 11.4 Å². The quantitative estimate of drug-likeness (QED) is 0.544. The number of carbonyl (C=O) groups is 1. The summed E-state index contributed by atoms with van der Waals surface area (Å²) < 4.78 is 28.7. The minimum Gasteiger partial charge on any atom is -0.299 e. The number of Topliss-reactive ketones (excluding diaryl/α,β-unsaturated/α-hetero) is 1. The molecule has 0 radical (unpaired) electrons. The van der Waals surface area contributed by atoms with Gasteiger partial charge in [-0.05, 0) is 56.2 Å². The Morgan fingerprint density at radius 2 is 2.00 bits per heavy atom. The van der Waals surface area contributed by atoms with Crippen LogP contribution in [0.15, 0.2) is 42.5 Å². The van der Waals surface area contributed by atoms with E-state index in [1.54, 1.807) is 29.8 Å². The zero-order chi connectivity index (χ0) is 20.3. The first-order chi connectivity index (χ1) is 13.4. The summed E-state index contributed by atoms with van der Waals surface area (Å²) in [5, 5.41) is 4.42. The van der Waals surface area contributed by atoms with E-state index in [1.165, 1.54) is 24.3 Å². The van der Waals surface area contributed by atoms with Crippen LogP contribution in [-0.2, 0) is 17.8 Å². The minimum absolute atomic E-state index is 0.0137. The van der Waals surface area contributed by atoms with E-state index in [-0.39, 0.29) is 23.0 Å². The van der Waals surface area contributed by atoms with Crippen LogP contribution < -0.4 is 0 Å². The Morgan fingerprint density at radius 1 is 1.21 bits per heavy atom. The molecule has 0 aliphatic carbocycles. The molecule has 0 bridgehead atoms. The fourth-order valence-electron chi connectivity index (χ4n) is 2.99. The number of nitrogens with zero attached hydrogens (tertiary/aromatic N) is 3. The van der Waals surface area contributed by atoms with Crippen molar-refractivity contribution >= 4 is 17.4 Å². The van der Waals surface area contributed by atoms with Crippen LogP contribution in [0.5, 0.6) is 0 Å². The molecule has 0 aliphatic rings. The summed E-state index contributed by atoms with van der Waals surface area (Å²) in [6.45, 7) is 4.20. The van der Waals surface area contributed by atoms with Gasteiger partial charge in [0.05, 0.1) is 10.9 Å². The monoisotopic (exact) mass is 403 g/mol. The molecule has 1 aromatic heterocycles. The molecular formula is C21H20ClF2N3O. The molecule has 0 spiro atoms. The number of halogens is 3. The van der Waals surface area contributed by atoms with Crippen LogP contribution in [0.1, 0.15) is 37.6 Å². The number of benzene rings is 2. The molecule has 3 rings (SSSR count). The summed E-state index contributed by atoms with van der Waals surface area (Å²) >= 11 is 5.73. The SMILES string of the molecule is CCn1nc(-c2ccc(Cl)c(F)c2)nc1C(C)C(=O)CCc1cccc(F)c1. The van der Waals surface area contributed by atoms with E-state index in [2.05, 4.69) is 10.1 Å². The molecular weight excluding hydrogens is 384 g/mol. The molecule has 0 N–H and O–H groups in total. The first kappa shape index (κ1) is 20.1. The molecule has 1 heterocycles. The van der Waals surface area contributed by atoms with Gasteiger partial charge in [0.15, 0.2) is 5.82 Å². The smallest absolute Gasteiger partial charge is 0.181 e. The third-order valence-corrected chi connectivity index (χ3v) is 4.90. The van der Waals surface area contributed by atoms with Gasteiger partial charge >= 0.3 is 0 Å². The molecule has 2 aromatic carbocycles. The third-order valence-electron chi connectivity index (χ3n) is 4.60. The molecule has 0 amide bonds. The van der Waals surface area contributed by atoms with Crippen molar-refractivity contribution < 1.29 is 13.6 Å². The minimum atomic E-state index is -0.548. The number of aryl methyl sites for hydroxylation is 2. The molecule has 0 aliphatic heterocycles. The van der Waals surface area contributed by atoms with Crippen molar-refractivity contribution in [1.82, 2.24) is 14.8 Å². The second-order valence-corrected chi connectivity index (χ2v) is 6.96. The number of ketones is 1. The van der Waals surface area contributed by atoms with Gasteiger partial charge in [-0.2, -0.15) is 5.10 Å². The van der Waals surface area contributed by atoms with Gasteiger partial charge in [-0.3, -0.25) is 4.79 Å². The maximum Gasteiger partial charge on any atom is 0.181 e. The number of rotatable bonds is 7. The molecule has 1 atom stereocenters. The summed E-state index contributed by atoms with van der Waals surface area (Å²) in [6.07, 6.45) is 0.725. The molecule has 3 aromatic rings. The molecule has 0 saturated carbocycles. The maximum atomic E-state index is 13.8. The summed E-state index contributed by atoms with van der Waals surface area (Å²) in [5.41, 5.74) is 1.27. The molecule has 0 fully saturated rings. The molecule has 1 unspecified atom stereocenters. The van der Waals surface area contributed by atoms with Gasteiger partial charge < -0.3 is 0 Å². The highest BCUT2D eigenvalue weighted by atomic mass is 35.5. The largest absolute Gasteiger partial charge is 0.299 e. The van der Waals surface area contributed by atoms with Gasteiger partial charge in [0.1, 0.15) is 23.2 Å². The molecule has 7 heteroatoms. The summed E-state index contributed by atoms with van der Waals surface area (Å²) in [6, 6.07) is 10.6. The maximum absolute atomic E-state index is 13.8. The van der Waals surface area contributed by atoms with Crippen LogP contribution in [0.4, 0.5) is 8.78 Å². The Morgan fingerprint density at radius 3 is 2.68 bits per heavy atom.